The van der Waals surface area contributed by atoms with Crippen LogP contribution in [0.1, 0.15) is 11.1 Å². The Bertz CT molecular complexity index is 254. The average Bonchev–Trinajstić information content (AvgIpc) is 2.09. The highest BCUT2D eigenvalue weighted by Crippen LogP contribution is 2.08. The summed E-state index contributed by atoms with van der Waals surface area (Å²) in [6.45, 7) is 0. The van der Waals surface area contributed by atoms with Gasteiger partial charge in [0.25, 0.3) is 0 Å². The summed E-state index contributed by atoms with van der Waals surface area (Å²) in [6, 6.07) is 8.11. The zero-order valence-electron chi connectivity index (χ0n) is 6.57. The first-order chi connectivity index (χ1) is 5.86. The van der Waals surface area contributed by atoms with Crippen LogP contribution in [0.4, 0.5) is 0 Å². The maximum absolute atomic E-state index is 5.26. The number of benzene rings is 1. The van der Waals surface area contributed by atoms with Crippen LogP contribution >= 0.6 is 15.9 Å². The molecule has 0 saturated carbocycles. The smallest absolute Gasteiger partial charge is 0.102 e. The molecule has 2 radical (unpaired) electrons. The molecule has 0 aliphatic rings. The third kappa shape index (κ3) is 2.70. The molecule has 58 valence electrons. The van der Waals surface area contributed by atoms with Crippen molar-refractivity contribution in [2.75, 3.05) is 0 Å². The average molecular weight is 219 g/mol. The van der Waals surface area contributed by atoms with Gasteiger partial charge in [-0.05, 0) is 22.2 Å². The monoisotopic (exact) mass is 218 g/mol. The molecule has 12 heavy (non-hydrogen) atoms. The van der Waals surface area contributed by atoms with Crippen LogP contribution in [0.15, 0.2) is 35.2 Å². The molecule has 0 aliphatic carbocycles. The second-order valence-electron chi connectivity index (χ2n) is 2.32. The van der Waals surface area contributed by atoms with Crippen LogP contribution in [0, 0.1) is 0 Å². The van der Waals surface area contributed by atoms with Gasteiger partial charge < -0.3 is 0 Å². The first kappa shape index (κ1) is 9.33. The van der Waals surface area contributed by atoms with E-state index in [0.29, 0.717) is 0 Å². The minimum Gasteiger partial charge on any atom is -0.131 e. The van der Waals surface area contributed by atoms with Crippen molar-refractivity contribution in [2.45, 2.75) is 0 Å². The number of rotatable bonds is 2. The van der Waals surface area contributed by atoms with E-state index < -0.39 is 0 Å². The lowest BCUT2D eigenvalue weighted by molar-refractivity contribution is 1.63. The second-order valence-corrected chi connectivity index (χ2v) is 2.85. The molecule has 0 nitrogen and oxygen atoms in total. The van der Waals surface area contributed by atoms with Gasteiger partial charge in [-0.15, -0.1) is 5.98 Å². The van der Waals surface area contributed by atoms with Gasteiger partial charge in [0.2, 0.25) is 0 Å². The molecule has 0 N–H and O–H groups in total. The number of hydrogen-bond donors (Lipinski definition) is 0. The van der Waals surface area contributed by atoms with E-state index in [1.54, 1.807) is 0 Å². The summed E-state index contributed by atoms with van der Waals surface area (Å²) < 4.78 is 0. The van der Waals surface area contributed by atoms with Crippen molar-refractivity contribution in [3.8, 4) is 0 Å². The highest BCUT2D eigenvalue weighted by atomic mass is 79.9. The third-order valence-electron chi connectivity index (χ3n) is 1.48. The van der Waals surface area contributed by atoms with Gasteiger partial charge in [-0.1, -0.05) is 46.3 Å². The van der Waals surface area contributed by atoms with Crippen molar-refractivity contribution >= 4 is 35.9 Å². The zero-order chi connectivity index (χ0) is 8.81. The Morgan fingerprint density at radius 2 is 1.50 bits per heavy atom. The summed E-state index contributed by atoms with van der Waals surface area (Å²) in [5.74, 6) is 1.54. The third-order valence-corrected chi connectivity index (χ3v) is 1.74. The van der Waals surface area contributed by atoms with Crippen LogP contribution in [0.5, 0.6) is 0 Å². The normalized spacial score (nSPS) is 11.4. The molecule has 1 aromatic rings. The molecule has 0 unspecified atom stereocenters. The fourth-order valence-corrected chi connectivity index (χ4v) is 1.21. The summed E-state index contributed by atoms with van der Waals surface area (Å²) >= 11 is 3.22. The first-order valence-corrected chi connectivity index (χ1v) is 4.53. The van der Waals surface area contributed by atoms with Gasteiger partial charge in [0.15, 0.2) is 0 Å². The van der Waals surface area contributed by atoms with Gasteiger partial charge in [-0.2, -0.15) is 0 Å². The Balaban J connectivity index is 2.85. The van der Waals surface area contributed by atoms with E-state index in [0.717, 1.165) is 5.56 Å². The van der Waals surface area contributed by atoms with E-state index in [2.05, 4.69) is 15.9 Å². The summed E-state index contributed by atoms with van der Waals surface area (Å²) in [7, 11) is 5.26. The van der Waals surface area contributed by atoms with Gasteiger partial charge in [0, 0.05) is 0 Å². The Hall–Kier alpha value is -0.755. The Morgan fingerprint density at radius 3 is 1.92 bits per heavy atom. The minimum absolute atomic E-state index is 1.12. The summed E-state index contributed by atoms with van der Waals surface area (Å²) in [5, 5.41) is 0. The largest absolute Gasteiger partial charge is 0.131 e. The molecule has 0 saturated heterocycles. The molecule has 0 aromatic heterocycles. The van der Waals surface area contributed by atoms with E-state index >= 15 is 0 Å². The molecular formula is C10H8BBr. The molecule has 2 heteroatoms. The molecule has 0 spiro atoms. The van der Waals surface area contributed by atoms with Gasteiger partial charge >= 0.3 is 0 Å². The Labute approximate surface area is 82.5 Å². The quantitative estimate of drug-likeness (QED) is 0.670. The topological polar surface area (TPSA) is 0 Å². The van der Waals surface area contributed by atoms with Gasteiger partial charge in [-0.3, -0.25) is 0 Å². The maximum atomic E-state index is 5.26. The van der Waals surface area contributed by atoms with Crippen LogP contribution in [0.2, 0.25) is 0 Å². The number of halogens is 1. The predicted molar refractivity (Wildman–Crippen MR) is 59.2 cm³/mol. The molecule has 0 amide bonds. The molecule has 0 heterocycles. The lowest BCUT2D eigenvalue weighted by Gasteiger charge is -1.94. The Morgan fingerprint density at radius 1 is 1.00 bits per heavy atom. The molecule has 1 aromatic carbocycles. The fourth-order valence-electron chi connectivity index (χ4n) is 0.902. The SMILES string of the molecule is [B]/C=C/c1ccc(/C=C/Br)cc1. The molecular weight excluding hydrogens is 211 g/mol. The van der Waals surface area contributed by atoms with Crippen molar-refractivity contribution in [2.24, 2.45) is 0 Å². The fraction of sp³-hybridized carbons (Fsp3) is 0. The van der Waals surface area contributed by atoms with Gasteiger partial charge in [0.05, 0.1) is 0 Å². The highest BCUT2D eigenvalue weighted by Gasteiger charge is 1.86. The summed E-state index contributed by atoms with van der Waals surface area (Å²) in [5.41, 5.74) is 2.28. The summed E-state index contributed by atoms with van der Waals surface area (Å²) in [6.07, 6.45) is 3.84. The van der Waals surface area contributed by atoms with Gasteiger partial charge in [-0.25, -0.2) is 0 Å². The predicted octanol–water partition coefficient (Wildman–Crippen LogP) is 3.19. The highest BCUT2D eigenvalue weighted by molar-refractivity contribution is 9.11. The summed E-state index contributed by atoms with van der Waals surface area (Å²) in [4.78, 5) is 1.83. The van der Waals surface area contributed by atoms with Crippen LogP contribution in [-0.4, -0.2) is 7.85 Å². The molecule has 0 atom stereocenters. The molecule has 1 rings (SSSR count). The maximum Gasteiger partial charge on any atom is 0.102 e. The van der Waals surface area contributed by atoms with Gasteiger partial charge in [0.1, 0.15) is 7.85 Å². The molecule has 0 fully saturated rings. The molecule has 0 aliphatic heterocycles. The second kappa shape index (κ2) is 4.99. The van der Waals surface area contributed by atoms with Crippen LogP contribution < -0.4 is 0 Å². The van der Waals surface area contributed by atoms with Crippen molar-refractivity contribution in [1.82, 2.24) is 0 Å². The van der Waals surface area contributed by atoms with Crippen LogP contribution in [0.25, 0.3) is 12.2 Å². The van der Waals surface area contributed by atoms with Crippen molar-refractivity contribution in [1.29, 1.82) is 0 Å². The lowest BCUT2D eigenvalue weighted by atomic mass is 10.1. The standard InChI is InChI=1S/C10H8BBr/c11-7-5-9-1-3-10(4-2-9)6-8-12/h1-8H/b7-5+,8-6+. The van der Waals surface area contributed by atoms with Crippen molar-refractivity contribution in [3.05, 3.63) is 46.4 Å². The van der Waals surface area contributed by atoms with E-state index in [9.17, 15) is 0 Å². The zero-order valence-corrected chi connectivity index (χ0v) is 8.16. The molecule has 0 bridgehead atoms. The Kier molecular flexibility index (Phi) is 3.88. The van der Waals surface area contributed by atoms with Crippen molar-refractivity contribution < 1.29 is 0 Å². The first-order valence-electron chi connectivity index (χ1n) is 3.62. The van der Waals surface area contributed by atoms with Crippen LogP contribution in [-0.2, 0) is 0 Å². The van der Waals surface area contributed by atoms with Crippen LogP contribution in [0.3, 0.4) is 0 Å². The van der Waals surface area contributed by atoms with E-state index in [1.165, 1.54) is 11.5 Å². The van der Waals surface area contributed by atoms with E-state index in [4.69, 9.17) is 7.85 Å². The number of hydrogen-bond acceptors (Lipinski definition) is 0. The van der Waals surface area contributed by atoms with E-state index in [1.807, 2.05) is 41.4 Å². The lowest BCUT2D eigenvalue weighted by Crippen LogP contribution is -1.73. The van der Waals surface area contributed by atoms with Crippen molar-refractivity contribution in [3.63, 3.8) is 0 Å². The van der Waals surface area contributed by atoms with E-state index in [-0.39, 0.29) is 0 Å². The minimum atomic E-state index is 1.12.